The van der Waals surface area contributed by atoms with Crippen molar-refractivity contribution in [1.29, 1.82) is 0 Å². The molecule has 1 N–H and O–H groups in total. The molecule has 1 aromatic heterocycles. The predicted molar refractivity (Wildman–Crippen MR) is 74.3 cm³/mol. The third-order valence-corrected chi connectivity index (χ3v) is 2.75. The molecule has 0 radical (unpaired) electrons. The lowest BCUT2D eigenvalue weighted by molar-refractivity contribution is 0.0593. The van der Waals surface area contributed by atoms with E-state index in [1.165, 1.54) is 13.3 Å². The third-order valence-electron chi connectivity index (χ3n) is 2.75. The van der Waals surface area contributed by atoms with Crippen LogP contribution in [0.4, 0.5) is 5.82 Å². The summed E-state index contributed by atoms with van der Waals surface area (Å²) < 4.78 is 4.61. The highest BCUT2D eigenvalue weighted by Crippen LogP contribution is 2.03. The highest BCUT2D eigenvalue weighted by atomic mass is 16.5. The first-order chi connectivity index (χ1) is 9.21. The minimum atomic E-state index is -0.475. The molecular weight excluding hydrogens is 244 g/mol. The molecule has 0 amide bonds. The van der Waals surface area contributed by atoms with Gasteiger partial charge in [0.05, 0.1) is 19.5 Å². The fraction of sp³-hybridized carbons (Fsp3) is 0.615. The van der Waals surface area contributed by atoms with E-state index in [4.69, 9.17) is 0 Å². The first-order valence-corrected chi connectivity index (χ1v) is 6.57. The van der Waals surface area contributed by atoms with Gasteiger partial charge >= 0.3 is 5.97 Å². The van der Waals surface area contributed by atoms with Crippen molar-refractivity contribution in [3.05, 3.63) is 18.1 Å². The summed E-state index contributed by atoms with van der Waals surface area (Å²) in [6.07, 6.45) is 4.14. The van der Waals surface area contributed by atoms with E-state index in [0.29, 0.717) is 5.82 Å². The van der Waals surface area contributed by atoms with Crippen LogP contribution in [-0.2, 0) is 4.74 Å². The molecule has 0 bridgehead atoms. The molecule has 0 aromatic carbocycles. The standard InChI is InChI=1S/C13H22N4O2/c1-4-7-17(5-2)8-6-15-12-10-14-9-11(16-12)13(18)19-3/h9-10H,4-8H2,1-3H3,(H,15,16). The van der Waals surface area contributed by atoms with Gasteiger partial charge in [-0.05, 0) is 19.5 Å². The summed E-state index contributed by atoms with van der Waals surface area (Å²) in [7, 11) is 1.33. The zero-order chi connectivity index (χ0) is 14.1. The third kappa shape index (κ3) is 5.21. The number of ether oxygens (including phenoxy) is 1. The van der Waals surface area contributed by atoms with Crippen molar-refractivity contribution in [1.82, 2.24) is 14.9 Å². The Bertz CT molecular complexity index is 398. The minimum absolute atomic E-state index is 0.216. The second-order valence-corrected chi connectivity index (χ2v) is 4.14. The van der Waals surface area contributed by atoms with Gasteiger partial charge in [0, 0.05) is 13.1 Å². The van der Waals surface area contributed by atoms with Gasteiger partial charge in [0.2, 0.25) is 0 Å². The monoisotopic (exact) mass is 266 g/mol. The van der Waals surface area contributed by atoms with Crippen LogP contribution < -0.4 is 5.32 Å². The van der Waals surface area contributed by atoms with Gasteiger partial charge < -0.3 is 15.0 Å². The maximum atomic E-state index is 11.3. The van der Waals surface area contributed by atoms with Gasteiger partial charge in [0.15, 0.2) is 5.69 Å². The van der Waals surface area contributed by atoms with Crippen LogP contribution >= 0.6 is 0 Å². The van der Waals surface area contributed by atoms with Crippen molar-refractivity contribution in [2.24, 2.45) is 0 Å². The lowest BCUT2D eigenvalue weighted by Crippen LogP contribution is -2.29. The van der Waals surface area contributed by atoms with Crippen LogP contribution in [0.5, 0.6) is 0 Å². The molecule has 106 valence electrons. The summed E-state index contributed by atoms with van der Waals surface area (Å²) in [5.41, 5.74) is 0.216. The van der Waals surface area contributed by atoms with Crippen molar-refractivity contribution < 1.29 is 9.53 Å². The van der Waals surface area contributed by atoms with Crippen molar-refractivity contribution in [3.8, 4) is 0 Å². The average Bonchev–Trinajstić information content (AvgIpc) is 2.45. The van der Waals surface area contributed by atoms with Crippen LogP contribution in [0.1, 0.15) is 30.8 Å². The predicted octanol–water partition coefficient (Wildman–Crippen LogP) is 1.41. The molecular formula is C13H22N4O2. The van der Waals surface area contributed by atoms with Crippen LogP contribution in [0, 0.1) is 0 Å². The molecule has 0 aliphatic heterocycles. The summed E-state index contributed by atoms with van der Waals surface area (Å²) in [5, 5.41) is 3.16. The molecule has 0 fully saturated rings. The molecule has 0 atom stereocenters. The molecule has 19 heavy (non-hydrogen) atoms. The van der Waals surface area contributed by atoms with E-state index in [2.05, 4.69) is 38.8 Å². The Morgan fingerprint density at radius 1 is 1.37 bits per heavy atom. The van der Waals surface area contributed by atoms with E-state index in [-0.39, 0.29) is 5.69 Å². The summed E-state index contributed by atoms with van der Waals surface area (Å²) in [6.45, 7) is 8.14. The van der Waals surface area contributed by atoms with E-state index in [0.717, 1.165) is 32.6 Å². The number of rotatable bonds is 8. The number of carbonyl (C=O) groups excluding carboxylic acids is 1. The summed E-state index contributed by atoms with van der Waals surface area (Å²) in [6, 6.07) is 0. The Kier molecular flexibility index (Phi) is 6.81. The Labute approximate surface area is 114 Å². The molecule has 1 rings (SSSR count). The molecule has 0 spiro atoms. The SMILES string of the molecule is CCCN(CC)CCNc1cncc(C(=O)OC)n1. The molecule has 1 heterocycles. The van der Waals surface area contributed by atoms with Gasteiger partial charge in [-0.1, -0.05) is 13.8 Å². The quantitative estimate of drug-likeness (QED) is 0.718. The summed E-state index contributed by atoms with van der Waals surface area (Å²) >= 11 is 0. The largest absolute Gasteiger partial charge is 0.464 e. The van der Waals surface area contributed by atoms with Crippen LogP contribution in [0.2, 0.25) is 0 Å². The number of nitrogens with one attached hydrogen (secondary N) is 1. The Morgan fingerprint density at radius 3 is 2.79 bits per heavy atom. The molecule has 0 aliphatic rings. The fourth-order valence-electron chi connectivity index (χ4n) is 1.74. The van der Waals surface area contributed by atoms with Crippen molar-refractivity contribution in [2.75, 3.05) is 38.6 Å². The van der Waals surface area contributed by atoms with Crippen molar-refractivity contribution >= 4 is 11.8 Å². The van der Waals surface area contributed by atoms with E-state index < -0.39 is 5.97 Å². The van der Waals surface area contributed by atoms with E-state index >= 15 is 0 Å². The highest BCUT2D eigenvalue weighted by molar-refractivity contribution is 5.87. The molecule has 0 saturated carbocycles. The number of methoxy groups -OCH3 is 1. The molecule has 1 aromatic rings. The zero-order valence-corrected chi connectivity index (χ0v) is 11.8. The second kappa shape index (κ2) is 8.42. The first-order valence-electron chi connectivity index (χ1n) is 6.57. The van der Waals surface area contributed by atoms with Gasteiger partial charge in [-0.2, -0.15) is 0 Å². The maximum absolute atomic E-state index is 11.3. The molecule has 0 aliphatic carbocycles. The van der Waals surface area contributed by atoms with Crippen LogP contribution in [0.3, 0.4) is 0 Å². The maximum Gasteiger partial charge on any atom is 0.358 e. The average molecular weight is 266 g/mol. The Balaban J connectivity index is 2.47. The van der Waals surface area contributed by atoms with E-state index in [1.807, 2.05) is 0 Å². The topological polar surface area (TPSA) is 67.4 Å². The number of nitrogens with zero attached hydrogens (tertiary/aromatic N) is 3. The lowest BCUT2D eigenvalue weighted by atomic mass is 10.4. The second-order valence-electron chi connectivity index (χ2n) is 4.14. The molecule has 0 saturated heterocycles. The van der Waals surface area contributed by atoms with Gasteiger partial charge in [-0.25, -0.2) is 9.78 Å². The minimum Gasteiger partial charge on any atom is -0.464 e. The van der Waals surface area contributed by atoms with Crippen LogP contribution in [0.25, 0.3) is 0 Å². The van der Waals surface area contributed by atoms with Crippen LogP contribution in [0.15, 0.2) is 12.4 Å². The lowest BCUT2D eigenvalue weighted by Gasteiger charge is -2.19. The molecule has 6 nitrogen and oxygen atoms in total. The smallest absolute Gasteiger partial charge is 0.358 e. The van der Waals surface area contributed by atoms with Gasteiger partial charge in [0.1, 0.15) is 5.82 Å². The van der Waals surface area contributed by atoms with Crippen molar-refractivity contribution in [3.63, 3.8) is 0 Å². The van der Waals surface area contributed by atoms with Crippen molar-refractivity contribution in [2.45, 2.75) is 20.3 Å². The fourth-order valence-corrected chi connectivity index (χ4v) is 1.74. The molecule has 6 heteroatoms. The number of esters is 1. The number of likely N-dealkylation sites (N-methyl/N-ethyl adjacent to an activating group) is 1. The van der Waals surface area contributed by atoms with E-state index in [1.54, 1.807) is 6.20 Å². The highest BCUT2D eigenvalue weighted by Gasteiger charge is 2.08. The van der Waals surface area contributed by atoms with Gasteiger partial charge in [-0.3, -0.25) is 4.98 Å². The first kappa shape index (κ1) is 15.4. The van der Waals surface area contributed by atoms with Crippen LogP contribution in [-0.4, -0.2) is 54.1 Å². The summed E-state index contributed by atoms with van der Waals surface area (Å²) in [4.78, 5) is 21.8. The zero-order valence-electron chi connectivity index (χ0n) is 11.8. The normalized spacial score (nSPS) is 10.5. The number of anilines is 1. The van der Waals surface area contributed by atoms with Gasteiger partial charge in [-0.15, -0.1) is 0 Å². The summed E-state index contributed by atoms with van der Waals surface area (Å²) in [5.74, 6) is 0.118. The molecule has 0 unspecified atom stereocenters. The number of carbonyl (C=O) groups is 1. The Morgan fingerprint density at radius 2 is 2.16 bits per heavy atom. The number of aromatic nitrogens is 2. The number of hydrogen-bond donors (Lipinski definition) is 1. The number of hydrogen-bond acceptors (Lipinski definition) is 6. The Hall–Kier alpha value is -1.69. The van der Waals surface area contributed by atoms with Gasteiger partial charge in [0.25, 0.3) is 0 Å². The van der Waals surface area contributed by atoms with E-state index in [9.17, 15) is 4.79 Å².